The lowest BCUT2D eigenvalue weighted by molar-refractivity contribution is -0.153. The van der Waals surface area contributed by atoms with Gasteiger partial charge in [-0.2, -0.15) is 0 Å². The van der Waals surface area contributed by atoms with Crippen molar-refractivity contribution < 1.29 is 42.0 Å². The summed E-state index contributed by atoms with van der Waals surface area (Å²) < 4.78 is 46.3. The van der Waals surface area contributed by atoms with Crippen LogP contribution in [0.4, 0.5) is 29.9 Å². The molecule has 5 amide bonds. The Morgan fingerprint density at radius 1 is 1.14 bits per heavy atom. The summed E-state index contributed by atoms with van der Waals surface area (Å²) in [5.41, 5.74) is -1.73. The maximum atomic E-state index is 16.2. The number of halogens is 2. The van der Waals surface area contributed by atoms with Crippen LogP contribution in [-0.2, 0) is 25.5 Å². The molecule has 196 valence electrons. The fourth-order valence-electron chi connectivity index (χ4n) is 6.19. The van der Waals surface area contributed by atoms with Crippen LogP contribution in [0.5, 0.6) is 0 Å². The molecule has 5 heterocycles. The predicted molar refractivity (Wildman–Crippen MR) is 121 cm³/mol. The van der Waals surface area contributed by atoms with Gasteiger partial charge in [0.2, 0.25) is 17.4 Å². The Balaban J connectivity index is 1.57. The second kappa shape index (κ2) is 7.84. The topological polar surface area (TPSA) is 143 Å². The molecule has 4 aliphatic heterocycles. The SMILES string of the molecule is C[C@@H]1CN2c3c(cc4c(N5C(=O)O[C@H](C)[C@@H]5CF)noc4c3F)CC3(C(=O)NC(=O)NC3=O)[C@H]2[C@H](C)O1. The Kier molecular flexibility index (Phi) is 5.00. The third-order valence-electron chi connectivity index (χ3n) is 7.69. The number of morpholine rings is 1. The lowest BCUT2D eigenvalue weighted by Crippen LogP contribution is -2.75. The number of rotatable bonds is 2. The van der Waals surface area contributed by atoms with Crippen molar-refractivity contribution in [1.82, 2.24) is 15.8 Å². The number of hydrogen-bond acceptors (Lipinski definition) is 9. The Labute approximate surface area is 208 Å². The zero-order valence-corrected chi connectivity index (χ0v) is 20.0. The van der Waals surface area contributed by atoms with Gasteiger partial charge >= 0.3 is 12.1 Å². The van der Waals surface area contributed by atoms with Gasteiger partial charge in [-0.15, -0.1) is 0 Å². The first kappa shape index (κ1) is 23.6. The number of urea groups is 1. The third kappa shape index (κ3) is 3.04. The number of hydrogen-bond donors (Lipinski definition) is 2. The number of imide groups is 2. The van der Waals surface area contributed by atoms with E-state index in [9.17, 15) is 23.6 Å². The molecule has 1 aromatic heterocycles. The Morgan fingerprint density at radius 2 is 1.84 bits per heavy atom. The van der Waals surface area contributed by atoms with Crippen LogP contribution in [0.3, 0.4) is 0 Å². The number of ether oxygens (including phenoxy) is 2. The Bertz CT molecular complexity index is 1360. The van der Waals surface area contributed by atoms with E-state index in [-0.39, 0.29) is 47.1 Å². The van der Waals surface area contributed by atoms with Gasteiger partial charge in [0.1, 0.15) is 18.8 Å². The number of carbonyl (C=O) groups excluding carboxylic acids is 4. The number of aromatic nitrogens is 1. The molecule has 3 saturated heterocycles. The van der Waals surface area contributed by atoms with Crippen LogP contribution in [0.15, 0.2) is 10.6 Å². The molecule has 5 atom stereocenters. The van der Waals surface area contributed by atoms with Crippen LogP contribution >= 0.6 is 0 Å². The van der Waals surface area contributed by atoms with Crippen molar-refractivity contribution in [1.29, 1.82) is 0 Å². The van der Waals surface area contributed by atoms with Crippen LogP contribution in [0.1, 0.15) is 26.3 Å². The predicted octanol–water partition coefficient (Wildman–Crippen LogP) is 1.54. The zero-order valence-electron chi connectivity index (χ0n) is 20.0. The summed E-state index contributed by atoms with van der Waals surface area (Å²) in [7, 11) is 0. The van der Waals surface area contributed by atoms with E-state index in [4.69, 9.17) is 14.0 Å². The van der Waals surface area contributed by atoms with Gasteiger partial charge in [-0.1, -0.05) is 5.16 Å². The van der Waals surface area contributed by atoms with Gasteiger partial charge in [0.25, 0.3) is 0 Å². The summed E-state index contributed by atoms with van der Waals surface area (Å²) in [6, 6.07) is -1.41. The molecular weight excluding hydrogens is 496 g/mol. The number of barbiturate groups is 1. The average Bonchev–Trinajstić information content (AvgIpc) is 3.35. The van der Waals surface area contributed by atoms with Gasteiger partial charge < -0.3 is 18.9 Å². The first-order chi connectivity index (χ1) is 17.6. The number of anilines is 2. The summed E-state index contributed by atoms with van der Waals surface area (Å²) in [5.74, 6) is -2.60. The molecule has 12 nitrogen and oxygen atoms in total. The van der Waals surface area contributed by atoms with E-state index < -0.39 is 66.1 Å². The molecule has 6 rings (SSSR count). The van der Waals surface area contributed by atoms with Crippen molar-refractivity contribution in [3.8, 4) is 0 Å². The lowest BCUT2D eigenvalue weighted by atomic mass is 9.66. The molecule has 0 radical (unpaired) electrons. The van der Waals surface area contributed by atoms with Crippen LogP contribution < -0.4 is 20.4 Å². The van der Waals surface area contributed by atoms with Crippen molar-refractivity contribution in [3.05, 3.63) is 17.4 Å². The van der Waals surface area contributed by atoms with Crippen LogP contribution in [0, 0.1) is 11.2 Å². The molecule has 0 unspecified atom stereocenters. The molecule has 2 aromatic rings. The molecule has 1 aromatic carbocycles. The van der Waals surface area contributed by atoms with Gasteiger partial charge in [0.05, 0.1) is 29.3 Å². The minimum Gasteiger partial charge on any atom is -0.444 e. The number of benzene rings is 1. The summed E-state index contributed by atoms with van der Waals surface area (Å²) in [6.07, 6.45) is -2.98. The fraction of sp³-hybridized carbons (Fsp3) is 0.522. The number of alkyl halides is 1. The van der Waals surface area contributed by atoms with E-state index in [1.54, 1.807) is 18.7 Å². The molecule has 0 aliphatic carbocycles. The van der Waals surface area contributed by atoms with Gasteiger partial charge in [0.15, 0.2) is 17.1 Å². The minimum absolute atomic E-state index is 0.0522. The number of nitrogens with zero attached hydrogens (tertiary/aromatic N) is 3. The van der Waals surface area contributed by atoms with Crippen LogP contribution in [0.2, 0.25) is 0 Å². The Hall–Kier alpha value is -3.81. The fourth-order valence-corrected chi connectivity index (χ4v) is 6.19. The quantitative estimate of drug-likeness (QED) is 0.565. The first-order valence-electron chi connectivity index (χ1n) is 11.8. The number of nitrogens with one attached hydrogen (secondary N) is 2. The third-order valence-corrected chi connectivity index (χ3v) is 7.69. The number of amides is 5. The summed E-state index contributed by atoms with van der Waals surface area (Å²) in [4.78, 5) is 53.6. The van der Waals surface area contributed by atoms with Gasteiger partial charge in [-0.25, -0.2) is 23.3 Å². The van der Waals surface area contributed by atoms with Crippen molar-refractivity contribution in [2.45, 2.75) is 57.6 Å². The van der Waals surface area contributed by atoms with E-state index in [0.717, 1.165) is 4.90 Å². The number of cyclic esters (lactones) is 1. The maximum Gasteiger partial charge on any atom is 0.416 e. The lowest BCUT2D eigenvalue weighted by Gasteiger charge is -2.55. The van der Waals surface area contributed by atoms with Crippen LogP contribution in [0.25, 0.3) is 11.0 Å². The van der Waals surface area contributed by atoms with Crippen molar-refractivity contribution in [2.75, 3.05) is 23.0 Å². The molecule has 4 aliphatic rings. The molecule has 3 fully saturated rings. The molecular formula is C23H23F2N5O7. The second-order valence-corrected chi connectivity index (χ2v) is 9.90. The summed E-state index contributed by atoms with van der Waals surface area (Å²) in [5, 5.41) is 8.25. The normalized spacial score (nSPS) is 30.8. The summed E-state index contributed by atoms with van der Waals surface area (Å²) in [6.45, 7) is 4.19. The smallest absolute Gasteiger partial charge is 0.416 e. The highest BCUT2D eigenvalue weighted by molar-refractivity contribution is 6.20. The Morgan fingerprint density at radius 3 is 2.51 bits per heavy atom. The highest BCUT2D eigenvalue weighted by atomic mass is 19.1. The molecule has 2 N–H and O–H groups in total. The minimum atomic E-state index is -1.82. The monoisotopic (exact) mass is 519 g/mol. The second-order valence-electron chi connectivity index (χ2n) is 9.90. The highest BCUT2D eigenvalue weighted by Crippen LogP contribution is 2.50. The van der Waals surface area contributed by atoms with E-state index in [0.29, 0.717) is 0 Å². The van der Waals surface area contributed by atoms with Gasteiger partial charge in [-0.05, 0) is 32.4 Å². The molecule has 14 heteroatoms. The summed E-state index contributed by atoms with van der Waals surface area (Å²) >= 11 is 0. The van der Waals surface area contributed by atoms with E-state index in [1.165, 1.54) is 13.0 Å². The maximum absolute atomic E-state index is 16.2. The zero-order chi connectivity index (χ0) is 26.4. The first-order valence-corrected chi connectivity index (χ1v) is 11.8. The van der Waals surface area contributed by atoms with E-state index in [2.05, 4.69) is 15.8 Å². The standard InChI is InChI=1S/C23H23F2N5O7/c1-8-7-29-15-11(5-23(17(29)10(3)35-8)19(31)26-21(33)27-20(23)32)4-12-16(14(15)25)37-28-18(12)30-13(6-24)9(2)36-22(30)34/h4,8-10,13,17H,5-7H2,1-3H3,(H2,26,27,31,32,33)/t8-,9-,10+,13+,17-/m1/s1. The van der Waals surface area contributed by atoms with E-state index in [1.807, 2.05) is 0 Å². The van der Waals surface area contributed by atoms with Gasteiger partial charge in [-0.3, -0.25) is 20.2 Å². The molecule has 0 saturated carbocycles. The van der Waals surface area contributed by atoms with Gasteiger partial charge in [0, 0.05) is 13.0 Å². The largest absolute Gasteiger partial charge is 0.444 e. The van der Waals surface area contributed by atoms with Crippen molar-refractivity contribution in [2.24, 2.45) is 5.41 Å². The molecule has 0 bridgehead atoms. The van der Waals surface area contributed by atoms with Crippen LogP contribution in [-0.4, -0.2) is 72.7 Å². The highest BCUT2D eigenvalue weighted by Gasteiger charge is 2.63. The number of fused-ring (bicyclic) bond motifs is 5. The van der Waals surface area contributed by atoms with Crippen molar-refractivity contribution in [3.63, 3.8) is 0 Å². The molecule has 37 heavy (non-hydrogen) atoms. The van der Waals surface area contributed by atoms with E-state index >= 15 is 4.39 Å². The van der Waals surface area contributed by atoms with Crippen molar-refractivity contribution >= 4 is 46.4 Å². The molecule has 1 spiro atoms. The average molecular weight is 519 g/mol. The number of carbonyl (C=O) groups is 4.